The lowest BCUT2D eigenvalue weighted by molar-refractivity contribution is -0.0196. The molecule has 0 N–H and O–H groups in total. The molecule has 1 heterocycles. The molecule has 5 heteroatoms. The third kappa shape index (κ3) is 4.43. The normalized spacial score (nSPS) is 20.9. The molecule has 0 spiro atoms. The van der Waals surface area contributed by atoms with Crippen molar-refractivity contribution in [1.82, 2.24) is 4.90 Å². The van der Waals surface area contributed by atoms with Crippen molar-refractivity contribution >= 4 is 27.5 Å². The van der Waals surface area contributed by atoms with Crippen molar-refractivity contribution in [2.24, 2.45) is 0 Å². The summed E-state index contributed by atoms with van der Waals surface area (Å²) in [6.45, 7) is 4.20. The second kappa shape index (κ2) is 7.34. The molecule has 100 valence electrons. The lowest BCUT2D eigenvalue weighted by atomic mass is 10.3. The Morgan fingerprint density at radius 2 is 2.39 bits per heavy atom. The number of hydrogen-bond donors (Lipinski definition) is 0. The van der Waals surface area contributed by atoms with E-state index in [-0.39, 0.29) is 6.10 Å². The average molecular weight is 335 g/mol. The summed E-state index contributed by atoms with van der Waals surface area (Å²) < 4.78 is 12.3. The van der Waals surface area contributed by atoms with E-state index in [1.54, 1.807) is 0 Å². The maximum Gasteiger partial charge on any atom is 0.120 e. The van der Waals surface area contributed by atoms with Crippen LogP contribution in [-0.2, 0) is 4.74 Å². The molecule has 0 radical (unpaired) electrons. The van der Waals surface area contributed by atoms with Crippen LogP contribution in [0.15, 0.2) is 28.7 Å². The second-order valence-corrected chi connectivity index (χ2v) is 5.48. The van der Waals surface area contributed by atoms with Gasteiger partial charge < -0.3 is 9.47 Å². The number of hydrogen-bond acceptors (Lipinski definition) is 3. The van der Waals surface area contributed by atoms with E-state index in [9.17, 15) is 0 Å². The van der Waals surface area contributed by atoms with Crippen LogP contribution in [0.1, 0.15) is 0 Å². The first-order chi connectivity index (χ1) is 8.78. The highest BCUT2D eigenvalue weighted by atomic mass is 79.9. The van der Waals surface area contributed by atoms with Crippen LogP contribution >= 0.6 is 27.5 Å². The summed E-state index contributed by atoms with van der Waals surface area (Å²) in [7, 11) is 0. The highest BCUT2D eigenvalue weighted by Crippen LogP contribution is 2.17. The summed E-state index contributed by atoms with van der Waals surface area (Å²) in [5.41, 5.74) is 0. The number of morpholine rings is 1. The molecule has 1 fully saturated rings. The largest absolute Gasteiger partial charge is 0.492 e. The fraction of sp³-hybridized carbons (Fsp3) is 0.538. The number of alkyl halides is 1. The number of rotatable bonds is 5. The number of ether oxygens (including phenoxy) is 2. The highest BCUT2D eigenvalue weighted by molar-refractivity contribution is 9.10. The van der Waals surface area contributed by atoms with Crippen molar-refractivity contribution in [3.05, 3.63) is 28.7 Å². The molecule has 0 aliphatic carbocycles. The summed E-state index contributed by atoms with van der Waals surface area (Å²) >= 11 is 9.23. The van der Waals surface area contributed by atoms with Gasteiger partial charge in [0, 0.05) is 30.0 Å². The summed E-state index contributed by atoms with van der Waals surface area (Å²) in [5, 5.41) is 0. The van der Waals surface area contributed by atoms with Gasteiger partial charge in [0.25, 0.3) is 0 Å². The van der Waals surface area contributed by atoms with E-state index in [1.807, 2.05) is 24.3 Å². The maximum absolute atomic E-state index is 5.80. The van der Waals surface area contributed by atoms with Crippen LogP contribution in [0.25, 0.3) is 0 Å². The zero-order chi connectivity index (χ0) is 12.8. The Kier molecular flexibility index (Phi) is 5.76. The smallest absolute Gasteiger partial charge is 0.120 e. The summed E-state index contributed by atoms with van der Waals surface area (Å²) in [6.07, 6.45) is 0.159. The monoisotopic (exact) mass is 333 g/mol. The molecule has 1 atom stereocenters. The fourth-order valence-electron chi connectivity index (χ4n) is 1.93. The van der Waals surface area contributed by atoms with Gasteiger partial charge in [-0.15, -0.1) is 11.6 Å². The van der Waals surface area contributed by atoms with Crippen molar-refractivity contribution in [1.29, 1.82) is 0 Å². The minimum absolute atomic E-state index is 0.159. The van der Waals surface area contributed by atoms with Crippen LogP contribution in [0, 0.1) is 0 Å². The molecule has 1 unspecified atom stereocenters. The number of halogens is 2. The summed E-state index contributed by atoms with van der Waals surface area (Å²) in [5.74, 6) is 1.45. The Bertz CT molecular complexity index is 378. The Labute approximate surface area is 121 Å². The SMILES string of the molecule is ClCC1CN(CCOc2cccc(Br)c2)CCO1. The summed E-state index contributed by atoms with van der Waals surface area (Å²) in [4.78, 5) is 2.33. The van der Waals surface area contributed by atoms with Gasteiger partial charge in [-0.05, 0) is 18.2 Å². The Morgan fingerprint density at radius 3 is 3.17 bits per heavy atom. The van der Waals surface area contributed by atoms with Gasteiger partial charge >= 0.3 is 0 Å². The van der Waals surface area contributed by atoms with Crippen LogP contribution in [0.3, 0.4) is 0 Å². The molecule has 1 aliphatic rings. The second-order valence-electron chi connectivity index (χ2n) is 4.25. The molecule has 0 aromatic heterocycles. The molecule has 3 nitrogen and oxygen atoms in total. The van der Waals surface area contributed by atoms with Gasteiger partial charge in [0.1, 0.15) is 12.4 Å². The fourth-order valence-corrected chi connectivity index (χ4v) is 2.49. The van der Waals surface area contributed by atoms with Gasteiger partial charge in [-0.2, -0.15) is 0 Å². The Hall–Kier alpha value is -0.290. The van der Waals surface area contributed by atoms with Gasteiger partial charge in [-0.1, -0.05) is 22.0 Å². The third-order valence-corrected chi connectivity index (χ3v) is 3.70. The molecule has 1 saturated heterocycles. The standard InChI is InChI=1S/C13H17BrClNO2/c14-11-2-1-3-12(8-11)17-6-4-16-5-7-18-13(9-15)10-16/h1-3,8,13H,4-7,9-10H2. The van der Waals surface area contributed by atoms with E-state index < -0.39 is 0 Å². The third-order valence-electron chi connectivity index (χ3n) is 2.87. The minimum atomic E-state index is 0.159. The summed E-state index contributed by atoms with van der Waals surface area (Å²) in [6, 6.07) is 7.89. The molecule has 1 aromatic rings. The van der Waals surface area contributed by atoms with Crippen LogP contribution < -0.4 is 4.74 Å². The molecule has 0 amide bonds. The lowest BCUT2D eigenvalue weighted by Crippen LogP contribution is -2.44. The molecule has 2 rings (SSSR count). The molecule has 1 aromatic carbocycles. The minimum Gasteiger partial charge on any atom is -0.492 e. The van der Waals surface area contributed by atoms with Crippen LogP contribution in [0.5, 0.6) is 5.75 Å². The van der Waals surface area contributed by atoms with E-state index >= 15 is 0 Å². The number of nitrogens with zero attached hydrogens (tertiary/aromatic N) is 1. The molecular weight excluding hydrogens is 318 g/mol. The molecule has 1 aliphatic heterocycles. The molecule has 18 heavy (non-hydrogen) atoms. The van der Waals surface area contributed by atoms with Crippen molar-refractivity contribution in [3.63, 3.8) is 0 Å². The first-order valence-electron chi connectivity index (χ1n) is 6.06. The van der Waals surface area contributed by atoms with Crippen LogP contribution in [0.4, 0.5) is 0 Å². The molecular formula is C13H17BrClNO2. The predicted molar refractivity (Wildman–Crippen MR) is 76.5 cm³/mol. The first kappa shape index (κ1) is 14.1. The quantitative estimate of drug-likeness (QED) is 0.773. The van der Waals surface area contributed by atoms with E-state index in [4.69, 9.17) is 21.1 Å². The van der Waals surface area contributed by atoms with Crippen molar-refractivity contribution in [2.75, 3.05) is 38.7 Å². The maximum atomic E-state index is 5.80. The van der Waals surface area contributed by atoms with E-state index in [0.29, 0.717) is 12.5 Å². The van der Waals surface area contributed by atoms with Crippen molar-refractivity contribution in [2.45, 2.75) is 6.10 Å². The topological polar surface area (TPSA) is 21.7 Å². The van der Waals surface area contributed by atoms with Crippen LogP contribution in [0.2, 0.25) is 0 Å². The Balaban J connectivity index is 1.72. The van der Waals surface area contributed by atoms with E-state index in [1.165, 1.54) is 0 Å². The molecule has 0 saturated carbocycles. The zero-order valence-corrected chi connectivity index (χ0v) is 12.5. The van der Waals surface area contributed by atoms with Gasteiger partial charge in [-0.25, -0.2) is 0 Å². The highest BCUT2D eigenvalue weighted by Gasteiger charge is 2.19. The van der Waals surface area contributed by atoms with Gasteiger partial charge in [0.2, 0.25) is 0 Å². The van der Waals surface area contributed by atoms with Crippen LogP contribution in [-0.4, -0.2) is 49.7 Å². The average Bonchev–Trinajstić information content (AvgIpc) is 2.39. The van der Waals surface area contributed by atoms with Crippen molar-refractivity contribution < 1.29 is 9.47 Å². The lowest BCUT2D eigenvalue weighted by Gasteiger charge is -2.31. The predicted octanol–water partition coefficient (Wildman–Crippen LogP) is 2.77. The first-order valence-corrected chi connectivity index (χ1v) is 7.39. The van der Waals surface area contributed by atoms with Gasteiger partial charge in [-0.3, -0.25) is 4.90 Å². The Morgan fingerprint density at radius 1 is 1.50 bits per heavy atom. The van der Waals surface area contributed by atoms with E-state index in [2.05, 4.69) is 20.8 Å². The van der Waals surface area contributed by atoms with E-state index in [0.717, 1.165) is 36.5 Å². The van der Waals surface area contributed by atoms with Crippen molar-refractivity contribution in [3.8, 4) is 5.75 Å². The number of benzene rings is 1. The zero-order valence-electron chi connectivity index (χ0n) is 10.1. The van der Waals surface area contributed by atoms with Gasteiger partial charge in [0.15, 0.2) is 0 Å². The molecule has 0 bridgehead atoms. The van der Waals surface area contributed by atoms with Gasteiger partial charge in [0.05, 0.1) is 12.7 Å².